The van der Waals surface area contributed by atoms with Gasteiger partial charge in [-0.2, -0.15) is 22.1 Å². The van der Waals surface area contributed by atoms with Crippen LogP contribution in [0.5, 0.6) is 0 Å². The first-order valence-electron chi connectivity index (χ1n) is 9.71. The van der Waals surface area contributed by atoms with Gasteiger partial charge in [-0.25, -0.2) is 4.68 Å². The Morgan fingerprint density at radius 1 is 0.966 bits per heavy atom. The van der Waals surface area contributed by atoms with Crippen molar-refractivity contribution >= 4 is 16.1 Å². The summed E-state index contributed by atoms with van der Waals surface area (Å²) >= 11 is 0. The third-order valence-electron chi connectivity index (χ3n) is 5.26. The van der Waals surface area contributed by atoms with Gasteiger partial charge in [-0.1, -0.05) is 18.2 Å². The highest BCUT2D eigenvalue weighted by atomic mass is 32.2. The maximum absolute atomic E-state index is 12.9. The molecule has 1 aromatic heterocycles. The van der Waals surface area contributed by atoms with E-state index in [-0.39, 0.29) is 19.0 Å². The number of hydrogen-bond donors (Lipinski definition) is 0. The van der Waals surface area contributed by atoms with Crippen molar-refractivity contribution in [3.05, 3.63) is 47.8 Å². The molecular formula is C19H25N5O4S. The standard InChI is InChI=1S/C19H25N5O4S/c1-16-15-18(20-24(16)17-5-3-2-4-6-17)19(25)21-7-9-22(10-8-21)29(26,27)23-11-13-28-14-12-23/h2-6,15H,7-14H2,1H3. The van der Waals surface area contributed by atoms with E-state index in [1.807, 2.05) is 37.3 Å². The van der Waals surface area contributed by atoms with Crippen molar-refractivity contribution < 1.29 is 17.9 Å². The molecular weight excluding hydrogens is 394 g/mol. The molecule has 2 fully saturated rings. The number of carbonyl (C=O) groups is 1. The monoisotopic (exact) mass is 419 g/mol. The van der Waals surface area contributed by atoms with Crippen molar-refractivity contribution in [3.8, 4) is 5.69 Å². The molecule has 0 radical (unpaired) electrons. The van der Waals surface area contributed by atoms with Crippen LogP contribution in [0.1, 0.15) is 16.2 Å². The fraction of sp³-hybridized carbons (Fsp3) is 0.474. The lowest BCUT2D eigenvalue weighted by Crippen LogP contribution is -2.55. The summed E-state index contributed by atoms with van der Waals surface area (Å²) in [4.78, 5) is 14.6. The highest BCUT2D eigenvalue weighted by Crippen LogP contribution is 2.17. The molecule has 9 nitrogen and oxygen atoms in total. The van der Waals surface area contributed by atoms with E-state index in [2.05, 4.69) is 5.10 Å². The van der Waals surface area contributed by atoms with Crippen LogP contribution in [-0.4, -0.2) is 90.1 Å². The Morgan fingerprint density at radius 2 is 1.59 bits per heavy atom. The molecule has 1 amide bonds. The van der Waals surface area contributed by atoms with Gasteiger partial charge in [0.05, 0.1) is 18.9 Å². The van der Waals surface area contributed by atoms with Crippen LogP contribution in [0, 0.1) is 6.92 Å². The van der Waals surface area contributed by atoms with Crippen molar-refractivity contribution in [2.75, 3.05) is 52.5 Å². The second kappa shape index (κ2) is 8.23. The van der Waals surface area contributed by atoms with Crippen LogP contribution >= 0.6 is 0 Å². The first-order chi connectivity index (χ1) is 14.0. The highest BCUT2D eigenvalue weighted by Gasteiger charge is 2.34. The van der Waals surface area contributed by atoms with Gasteiger partial charge in [0.15, 0.2) is 5.69 Å². The molecule has 2 aliphatic heterocycles. The molecule has 156 valence electrons. The normalized spacial score (nSPS) is 19.4. The molecule has 0 aliphatic carbocycles. The van der Waals surface area contributed by atoms with E-state index in [1.165, 1.54) is 8.61 Å². The van der Waals surface area contributed by atoms with Crippen molar-refractivity contribution in [1.29, 1.82) is 0 Å². The number of hydrogen-bond acceptors (Lipinski definition) is 5. The predicted molar refractivity (Wildman–Crippen MR) is 107 cm³/mol. The van der Waals surface area contributed by atoms with Crippen molar-refractivity contribution in [2.24, 2.45) is 0 Å². The number of aromatic nitrogens is 2. The van der Waals surface area contributed by atoms with E-state index >= 15 is 0 Å². The topological polar surface area (TPSA) is 88.0 Å². The fourth-order valence-electron chi connectivity index (χ4n) is 3.63. The molecule has 0 bridgehead atoms. The SMILES string of the molecule is Cc1cc(C(=O)N2CCN(S(=O)(=O)N3CCOCC3)CC2)nn1-c1ccccc1. The van der Waals surface area contributed by atoms with Crippen LogP contribution in [0.25, 0.3) is 5.69 Å². The molecule has 29 heavy (non-hydrogen) atoms. The minimum absolute atomic E-state index is 0.175. The number of piperazine rings is 1. The zero-order valence-corrected chi connectivity index (χ0v) is 17.2. The molecule has 0 saturated carbocycles. The van der Waals surface area contributed by atoms with Gasteiger partial charge < -0.3 is 9.64 Å². The summed E-state index contributed by atoms with van der Waals surface area (Å²) in [6, 6.07) is 11.4. The zero-order valence-electron chi connectivity index (χ0n) is 16.4. The molecule has 2 aromatic rings. The van der Waals surface area contributed by atoms with Crippen LogP contribution < -0.4 is 0 Å². The Bertz CT molecular complexity index is 962. The highest BCUT2D eigenvalue weighted by molar-refractivity contribution is 7.86. The lowest BCUT2D eigenvalue weighted by atomic mass is 10.3. The first kappa shape index (κ1) is 20.0. The van der Waals surface area contributed by atoms with E-state index in [4.69, 9.17) is 4.74 Å². The number of benzene rings is 1. The molecule has 0 N–H and O–H groups in total. The quantitative estimate of drug-likeness (QED) is 0.721. The van der Waals surface area contributed by atoms with E-state index in [1.54, 1.807) is 15.6 Å². The van der Waals surface area contributed by atoms with E-state index < -0.39 is 10.2 Å². The van der Waals surface area contributed by atoms with Gasteiger partial charge >= 0.3 is 0 Å². The number of aryl methyl sites for hydroxylation is 1. The van der Waals surface area contributed by atoms with Crippen LogP contribution in [0.2, 0.25) is 0 Å². The number of nitrogens with zero attached hydrogens (tertiary/aromatic N) is 5. The van der Waals surface area contributed by atoms with Crippen LogP contribution in [0.3, 0.4) is 0 Å². The van der Waals surface area contributed by atoms with Crippen molar-refractivity contribution in [3.63, 3.8) is 0 Å². The van der Waals surface area contributed by atoms with Gasteiger partial charge in [-0.3, -0.25) is 4.79 Å². The second-order valence-electron chi connectivity index (χ2n) is 7.13. The number of morpholine rings is 1. The maximum atomic E-state index is 12.9. The van der Waals surface area contributed by atoms with Crippen LogP contribution in [0.4, 0.5) is 0 Å². The van der Waals surface area contributed by atoms with E-state index in [9.17, 15) is 13.2 Å². The van der Waals surface area contributed by atoms with Gasteiger partial charge in [-0.05, 0) is 25.1 Å². The third kappa shape index (κ3) is 4.06. The lowest BCUT2D eigenvalue weighted by Gasteiger charge is -2.37. The summed E-state index contributed by atoms with van der Waals surface area (Å²) < 4.78 is 35.4. The Hall–Kier alpha value is -2.27. The Kier molecular flexibility index (Phi) is 5.68. The molecule has 3 heterocycles. The molecule has 1 aromatic carbocycles. The summed E-state index contributed by atoms with van der Waals surface area (Å²) in [6.45, 7) is 4.74. The largest absolute Gasteiger partial charge is 0.379 e. The summed E-state index contributed by atoms with van der Waals surface area (Å²) in [5.41, 5.74) is 2.13. The summed E-state index contributed by atoms with van der Waals surface area (Å²) in [5.74, 6) is -0.175. The van der Waals surface area contributed by atoms with Crippen molar-refractivity contribution in [2.45, 2.75) is 6.92 Å². The number of ether oxygens (including phenoxy) is 1. The molecule has 0 spiro atoms. The van der Waals surface area contributed by atoms with Crippen molar-refractivity contribution in [1.82, 2.24) is 23.3 Å². The zero-order chi connectivity index (χ0) is 20.4. The summed E-state index contributed by atoms with van der Waals surface area (Å²) in [6.07, 6.45) is 0. The Balaban J connectivity index is 1.42. The minimum atomic E-state index is -3.51. The molecule has 10 heteroatoms. The van der Waals surface area contributed by atoms with Gasteiger partial charge in [0.25, 0.3) is 16.1 Å². The molecule has 0 atom stereocenters. The summed E-state index contributed by atoms with van der Waals surface area (Å²) in [7, 11) is -3.51. The average Bonchev–Trinajstić information content (AvgIpc) is 3.16. The maximum Gasteiger partial charge on any atom is 0.282 e. The first-order valence-corrected chi connectivity index (χ1v) is 11.1. The number of amides is 1. The Labute approximate surface area is 170 Å². The molecule has 0 unspecified atom stereocenters. The van der Waals surface area contributed by atoms with Crippen LogP contribution in [0.15, 0.2) is 36.4 Å². The van der Waals surface area contributed by atoms with Gasteiger partial charge in [0, 0.05) is 45.0 Å². The predicted octanol–water partition coefficient (Wildman–Crippen LogP) is 0.516. The van der Waals surface area contributed by atoms with Gasteiger partial charge in [0.1, 0.15) is 0 Å². The van der Waals surface area contributed by atoms with Crippen LogP contribution in [-0.2, 0) is 14.9 Å². The fourth-order valence-corrected chi connectivity index (χ4v) is 5.20. The molecule has 4 rings (SSSR count). The van der Waals surface area contributed by atoms with Gasteiger partial charge in [0.2, 0.25) is 0 Å². The van der Waals surface area contributed by atoms with E-state index in [0.717, 1.165) is 11.4 Å². The average molecular weight is 420 g/mol. The van der Waals surface area contributed by atoms with Gasteiger partial charge in [-0.15, -0.1) is 0 Å². The minimum Gasteiger partial charge on any atom is -0.379 e. The number of para-hydroxylation sites is 1. The lowest BCUT2D eigenvalue weighted by molar-refractivity contribution is 0.0633. The Morgan fingerprint density at radius 3 is 2.24 bits per heavy atom. The third-order valence-corrected chi connectivity index (χ3v) is 7.29. The number of carbonyl (C=O) groups excluding carboxylic acids is 1. The smallest absolute Gasteiger partial charge is 0.282 e. The molecule has 2 saturated heterocycles. The molecule has 2 aliphatic rings. The van der Waals surface area contributed by atoms with E-state index in [0.29, 0.717) is 45.1 Å². The second-order valence-corrected chi connectivity index (χ2v) is 9.06. The number of rotatable bonds is 4. The summed E-state index contributed by atoms with van der Waals surface area (Å²) in [5, 5.41) is 4.47.